The molecule has 106 valence electrons. The minimum atomic E-state index is 0.673. The van der Waals surface area contributed by atoms with Crippen LogP contribution in [0, 0.1) is 0 Å². The molecule has 1 heterocycles. The Hall–Kier alpha value is -0.580. The van der Waals surface area contributed by atoms with Crippen molar-refractivity contribution in [3.63, 3.8) is 0 Å². The maximum absolute atomic E-state index is 5.81. The fraction of sp³-hybridized carbons (Fsp3) is 0.600. The lowest BCUT2D eigenvalue weighted by Crippen LogP contribution is -2.46. The van der Waals surface area contributed by atoms with Gasteiger partial charge in [-0.2, -0.15) is 0 Å². The van der Waals surface area contributed by atoms with Gasteiger partial charge in [0.05, 0.1) is 0 Å². The van der Waals surface area contributed by atoms with Crippen LogP contribution in [0.5, 0.6) is 5.75 Å². The van der Waals surface area contributed by atoms with Crippen LogP contribution in [0.15, 0.2) is 28.7 Å². The van der Waals surface area contributed by atoms with Crippen LogP contribution in [0.3, 0.4) is 0 Å². The number of hydrogen-bond acceptors (Lipinski definition) is 3. The van der Waals surface area contributed by atoms with Gasteiger partial charge >= 0.3 is 0 Å². The van der Waals surface area contributed by atoms with Crippen LogP contribution in [0.25, 0.3) is 0 Å². The SMILES string of the molecule is CNCC1CCCCN1CCOc1ccc(Br)cc1. The fourth-order valence-corrected chi connectivity index (χ4v) is 2.90. The first-order valence-corrected chi connectivity index (χ1v) is 7.86. The fourth-order valence-electron chi connectivity index (χ4n) is 2.63. The molecular weight excluding hydrogens is 304 g/mol. The van der Waals surface area contributed by atoms with E-state index in [1.807, 2.05) is 31.3 Å². The number of ether oxygens (including phenoxy) is 1. The van der Waals surface area contributed by atoms with Crippen molar-refractivity contribution in [2.45, 2.75) is 25.3 Å². The molecule has 0 bridgehead atoms. The topological polar surface area (TPSA) is 24.5 Å². The van der Waals surface area contributed by atoms with E-state index >= 15 is 0 Å². The highest BCUT2D eigenvalue weighted by Crippen LogP contribution is 2.18. The molecule has 1 aliphatic rings. The average molecular weight is 327 g/mol. The molecule has 0 spiro atoms. The molecule has 4 heteroatoms. The minimum Gasteiger partial charge on any atom is -0.492 e. The number of likely N-dealkylation sites (tertiary alicyclic amines) is 1. The van der Waals surface area contributed by atoms with Crippen LogP contribution in [-0.4, -0.2) is 44.2 Å². The summed E-state index contributed by atoms with van der Waals surface area (Å²) in [6.45, 7) is 4.07. The third kappa shape index (κ3) is 4.79. The van der Waals surface area contributed by atoms with Gasteiger partial charge in [-0.25, -0.2) is 0 Å². The Morgan fingerprint density at radius 2 is 2.11 bits per heavy atom. The number of nitrogens with zero attached hydrogens (tertiary/aromatic N) is 1. The lowest BCUT2D eigenvalue weighted by atomic mass is 10.0. The van der Waals surface area contributed by atoms with Crippen LogP contribution < -0.4 is 10.1 Å². The third-order valence-corrected chi connectivity index (χ3v) is 4.18. The van der Waals surface area contributed by atoms with Crippen molar-refractivity contribution in [2.75, 3.05) is 33.3 Å². The maximum Gasteiger partial charge on any atom is 0.119 e. The molecular formula is C15H23BrN2O. The molecule has 0 aromatic heterocycles. The van der Waals surface area contributed by atoms with Gasteiger partial charge in [0.25, 0.3) is 0 Å². The number of benzene rings is 1. The smallest absolute Gasteiger partial charge is 0.119 e. The summed E-state index contributed by atoms with van der Waals surface area (Å²) in [6, 6.07) is 8.71. The van der Waals surface area contributed by atoms with Gasteiger partial charge in [0.2, 0.25) is 0 Å². The van der Waals surface area contributed by atoms with Gasteiger partial charge in [0.1, 0.15) is 12.4 Å². The maximum atomic E-state index is 5.81. The summed E-state index contributed by atoms with van der Waals surface area (Å²) in [5.74, 6) is 0.949. The highest BCUT2D eigenvalue weighted by atomic mass is 79.9. The van der Waals surface area contributed by atoms with Gasteiger partial charge in [0.15, 0.2) is 0 Å². The van der Waals surface area contributed by atoms with Crippen molar-refractivity contribution in [3.8, 4) is 5.75 Å². The molecule has 1 saturated heterocycles. The molecule has 1 fully saturated rings. The van der Waals surface area contributed by atoms with Crippen molar-refractivity contribution in [1.29, 1.82) is 0 Å². The molecule has 0 aliphatic carbocycles. The molecule has 1 unspecified atom stereocenters. The van der Waals surface area contributed by atoms with Gasteiger partial charge in [-0.05, 0) is 50.7 Å². The summed E-state index contributed by atoms with van der Waals surface area (Å²) < 4.78 is 6.90. The van der Waals surface area contributed by atoms with E-state index in [-0.39, 0.29) is 0 Å². The van der Waals surface area contributed by atoms with E-state index in [1.165, 1.54) is 25.8 Å². The number of likely N-dealkylation sites (N-methyl/N-ethyl adjacent to an activating group) is 1. The Kier molecular flexibility index (Phi) is 6.14. The first kappa shape index (κ1) is 14.8. The summed E-state index contributed by atoms with van der Waals surface area (Å²) in [6.07, 6.45) is 3.98. The summed E-state index contributed by atoms with van der Waals surface area (Å²) in [4.78, 5) is 2.55. The van der Waals surface area contributed by atoms with Crippen molar-refractivity contribution in [3.05, 3.63) is 28.7 Å². The molecule has 0 radical (unpaired) electrons. The lowest BCUT2D eigenvalue weighted by molar-refractivity contribution is 0.123. The van der Waals surface area contributed by atoms with Gasteiger partial charge in [-0.3, -0.25) is 4.90 Å². The molecule has 0 saturated carbocycles. The van der Waals surface area contributed by atoms with E-state index in [0.717, 1.165) is 29.9 Å². The van der Waals surface area contributed by atoms with Crippen LogP contribution in [0.2, 0.25) is 0 Å². The van der Waals surface area contributed by atoms with Crippen molar-refractivity contribution in [2.24, 2.45) is 0 Å². The number of halogens is 1. The highest BCUT2D eigenvalue weighted by molar-refractivity contribution is 9.10. The quantitative estimate of drug-likeness (QED) is 0.869. The van der Waals surface area contributed by atoms with Crippen molar-refractivity contribution in [1.82, 2.24) is 10.2 Å². The van der Waals surface area contributed by atoms with E-state index in [4.69, 9.17) is 4.74 Å². The zero-order chi connectivity index (χ0) is 13.5. The lowest BCUT2D eigenvalue weighted by Gasteiger charge is -2.35. The number of rotatable bonds is 6. The Morgan fingerprint density at radius 1 is 1.32 bits per heavy atom. The molecule has 1 aromatic carbocycles. The van der Waals surface area contributed by atoms with E-state index in [1.54, 1.807) is 0 Å². The van der Waals surface area contributed by atoms with Gasteiger partial charge in [-0.1, -0.05) is 22.4 Å². The molecule has 1 N–H and O–H groups in total. The van der Waals surface area contributed by atoms with E-state index in [2.05, 4.69) is 26.1 Å². The summed E-state index contributed by atoms with van der Waals surface area (Å²) in [7, 11) is 2.03. The Balaban J connectivity index is 1.75. The largest absolute Gasteiger partial charge is 0.492 e. The van der Waals surface area contributed by atoms with Gasteiger partial charge in [0, 0.05) is 23.6 Å². The average Bonchev–Trinajstić information content (AvgIpc) is 2.43. The van der Waals surface area contributed by atoms with Gasteiger partial charge < -0.3 is 10.1 Å². The van der Waals surface area contributed by atoms with Crippen molar-refractivity contribution >= 4 is 15.9 Å². The van der Waals surface area contributed by atoms with Gasteiger partial charge in [-0.15, -0.1) is 0 Å². The Labute approximate surface area is 124 Å². The van der Waals surface area contributed by atoms with E-state index in [0.29, 0.717) is 6.04 Å². The predicted octanol–water partition coefficient (Wildman–Crippen LogP) is 2.90. The predicted molar refractivity (Wildman–Crippen MR) is 82.8 cm³/mol. The number of piperidine rings is 1. The molecule has 0 amide bonds. The molecule has 1 aromatic rings. The molecule has 1 atom stereocenters. The Morgan fingerprint density at radius 3 is 2.84 bits per heavy atom. The second-order valence-electron chi connectivity index (χ2n) is 5.05. The molecule has 3 nitrogen and oxygen atoms in total. The Bertz CT molecular complexity index is 367. The third-order valence-electron chi connectivity index (χ3n) is 3.65. The second-order valence-corrected chi connectivity index (χ2v) is 5.96. The zero-order valence-electron chi connectivity index (χ0n) is 11.6. The molecule has 2 rings (SSSR count). The summed E-state index contributed by atoms with van der Waals surface area (Å²) in [5.41, 5.74) is 0. The second kappa shape index (κ2) is 7.88. The summed E-state index contributed by atoms with van der Waals surface area (Å²) in [5, 5.41) is 3.29. The minimum absolute atomic E-state index is 0.673. The summed E-state index contributed by atoms with van der Waals surface area (Å²) >= 11 is 3.43. The molecule has 1 aliphatic heterocycles. The monoisotopic (exact) mass is 326 g/mol. The first-order chi connectivity index (χ1) is 9.29. The van der Waals surface area contributed by atoms with E-state index in [9.17, 15) is 0 Å². The number of nitrogens with one attached hydrogen (secondary N) is 1. The van der Waals surface area contributed by atoms with E-state index < -0.39 is 0 Å². The number of hydrogen-bond donors (Lipinski definition) is 1. The highest BCUT2D eigenvalue weighted by Gasteiger charge is 2.21. The normalized spacial score (nSPS) is 20.4. The standard InChI is InChI=1S/C15H23BrN2O/c1-17-12-14-4-2-3-9-18(14)10-11-19-15-7-5-13(16)6-8-15/h5-8,14,17H,2-4,9-12H2,1H3. The van der Waals surface area contributed by atoms with Crippen LogP contribution in [0.1, 0.15) is 19.3 Å². The van der Waals surface area contributed by atoms with Crippen LogP contribution >= 0.6 is 15.9 Å². The first-order valence-electron chi connectivity index (χ1n) is 7.06. The van der Waals surface area contributed by atoms with Crippen LogP contribution in [0.4, 0.5) is 0 Å². The molecule has 19 heavy (non-hydrogen) atoms. The van der Waals surface area contributed by atoms with Crippen LogP contribution in [-0.2, 0) is 0 Å². The zero-order valence-corrected chi connectivity index (χ0v) is 13.2. The van der Waals surface area contributed by atoms with Crippen molar-refractivity contribution < 1.29 is 4.74 Å².